The first-order valence-electron chi connectivity index (χ1n) is 9.76. The van der Waals surface area contributed by atoms with E-state index in [2.05, 4.69) is 37.4 Å². The van der Waals surface area contributed by atoms with E-state index in [1.807, 2.05) is 37.3 Å². The summed E-state index contributed by atoms with van der Waals surface area (Å²) in [5.74, 6) is 0.855. The van der Waals surface area contributed by atoms with E-state index in [0.29, 0.717) is 26.1 Å². The van der Waals surface area contributed by atoms with Crippen molar-refractivity contribution in [2.75, 3.05) is 18.5 Å². The molecule has 1 atom stereocenters. The number of hydrogen-bond donors (Lipinski definition) is 1. The van der Waals surface area contributed by atoms with Gasteiger partial charge in [0.05, 0.1) is 11.5 Å². The largest absolute Gasteiger partial charge is 0.491 e. The van der Waals surface area contributed by atoms with Crippen molar-refractivity contribution < 1.29 is 14.3 Å². The maximum absolute atomic E-state index is 13.3. The fraction of sp³-hybridized carbons (Fsp3) is 0.435. The molecule has 144 valence electrons. The summed E-state index contributed by atoms with van der Waals surface area (Å²) in [6, 6.07) is 15.9. The Bertz CT molecular complexity index is 763. The molecule has 27 heavy (non-hydrogen) atoms. The van der Waals surface area contributed by atoms with Crippen molar-refractivity contribution in [2.45, 2.75) is 51.6 Å². The Morgan fingerprint density at radius 2 is 1.89 bits per heavy atom. The van der Waals surface area contributed by atoms with Crippen molar-refractivity contribution >= 4 is 11.6 Å². The number of aryl methyl sites for hydroxylation is 1. The van der Waals surface area contributed by atoms with Crippen LogP contribution in [0.1, 0.15) is 44.2 Å². The Kier molecular flexibility index (Phi) is 6.17. The van der Waals surface area contributed by atoms with Crippen molar-refractivity contribution in [3.63, 3.8) is 0 Å². The lowest BCUT2D eigenvalue weighted by atomic mass is 9.73. The quantitative estimate of drug-likeness (QED) is 0.793. The van der Waals surface area contributed by atoms with Gasteiger partial charge >= 0.3 is 0 Å². The van der Waals surface area contributed by atoms with Crippen LogP contribution in [0.15, 0.2) is 48.5 Å². The van der Waals surface area contributed by atoms with Crippen LogP contribution in [0.2, 0.25) is 0 Å². The highest BCUT2D eigenvalue weighted by Crippen LogP contribution is 2.36. The third kappa shape index (κ3) is 4.51. The summed E-state index contributed by atoms with van der Waals surface area (Å²) in [7, 11) is 0. The fourth-order valence-corrected chi connectivity index (χ4v) is 3.49. The number of ether oxygens (including phenoxy) is 2. The van der Waals surface area contributed by atoms with E-state index in [1.54, 1.807) is 0 Å². The van der Waals surface area contributed by atoms with Crippen LogP contribution in [0, 0.1) is 6.92 Å². The van der Waals surface area contributed by atoms with Crippen LogP contribution in [-0.4, -0.2) is 25.2 Å². The average Bonchev–Trinajstić information content (AvgIpc) is 2.70. The van der Waals surface area contributed by atoms with Gasteiger partial charge in [0.2, 0.25) is 5.91 Å². The molecule has 2 aromatic rings. The molecule has 2 aromatic carbocycles. The van der Waals surface area contributed by atoms with E-state index in [9.17, 15) is 4.79 Å². The Morgan fingerprint density at radius 1 is 1.19 bits per heavy atom. The highest BCUT2D eigenvalue weighted by molar-refractivity contribution is 5.99. The van der Waals surface area contributed by atoms with Gasteiger partial charge in [-0.05, 0) is 62.9 Å². The zero-order valence-corrected chi connectivity index (χ0v) is 16.5. The van der Waals surface area contributed by atoms with Gasteiger partial charge in [-0.2, -0.15) is 0 Å². The second kappa shape index (κ2) is 8.57. The zero-order chi connectivity index (χ0) is 19.3. The minimum absolute atomic E-state index is 0.0343. The third-order valence-corrected chi connectivity index (χ3v) is 5.38. The smallest absolute Gasteiger partial charge is 0.235 e. The van der Waals surface area contributed by atoms with Crippen LogP contribution < -0.4 is 10.1 Å². The summed E-state index contributed by atoms with van der Waals surface area (Å²) in [4.78, 5) is 13.3. The second-order valence-corrected chi connectivity index (χ2v) is 7.38. The van der Waals surface area contributed by atoms with E-state index >= 15 is 0 Å². The summed E-state index contributed by atoms with van der Waals surface area (Å²) in [5, 5.41) is 3.11. The Morgan fingerprint density at radius 3 is 2.52 bits per heavy atom. The van der Waals surface area contributed by atoms with Crippen molar-refractivity contribution in [3.05, 3.63) is 59.7 Å². The maximum atomic E-state index is 13.3. The lowest BCUT2D eigenvalue weighted by Gasteiger charge is -2.36. The predicted octanol–water partition coefficient (Wildman–Crippen LogP) is 4.86. The van der Waals surface area contributed by atoms with E-state index in [1.165, 1.54) is 0 Å². The lowest BCUT2D eigenvalue weighted by Crippen LogP contribution is -2.44. The Balaban J connectivity index is 1.79. The number of nitrogens with one attached hydrogen (secondary N) is 1. The molecule has 1 heterocycles. The van der Waals surface area contributed by atoms with Crippen molar-refractivity contribution in [2.24, 2.45) is 0 Å². The summed E-state index contributed by atoms with van der Waals surface area (Å²) in [5.41, 5.74) is 2.48. The van der Waals surface area contributed by atoms with Crippen molar-refractivity contribution in [3.8, 4) is 5.75 Å². The molecule has 0 aromatic heterocycles. The van der Waals surface area contributed by atoms with Gasteiger partial charge in [-0.25, -0.2) is 0 Å². The van der Waals surface area contributed by atoms with Gasteiger partial charge in [0.25, 0.3) is 0 Å². The molecule has 1 aliphatic heterocycles. The zero-order valence-electron chi connectivity index (χ0n) is 16.5. The molecular weight excluding hydrogens is 338 g/mol. The first-order chi connectivity index (χ1) is 13.0. The number of amides is 1. The number of carbonyl (C=O) groups is 1. The molecule has 4 nitrogen and oxygen atoms in total. The van der Waals surface area contributed by atoms with Gasteiger partial charge in [-0.15, -0.1) is 0 Å². The normalized spacial score (nSPS) is 17.1. The van der Waals surface area contributed by atoms with Gasteiger partial charge in [0.15, 0.2) is 0 Å². The first-order valence-corrected chi connectivity index (χ1v) is 9.76. The van der Waals surface area contributed by atoms with Crippen LogP contribution in [0.25, 0.3) is 0 Å². The predicted molar refractivity (Wildman–Crippen MR) is 108 cm³/mol. The molecule has 4 heteroatoms. The van der Waals surface area contributed by atoms with Crippen molar-refractivity contribution in [1.29, 1.82) is 0 Å². The van der Waals surface area contributed by atoms with Crippen LogP contribution in [0.4, 0.5) is 5.69 Å². The second-order valence-electron chi connectivity index (χ2n) is 7.38. The van der Waals surface area contributed by atoms with E-state index in [0.717, 1.165) is 29.0 Å². The van der Waals surface area contributed by atoms with Gasteiger partial charge in [0.1, 0.15) is 5.75 Å². The molecule has 1 aliphatic rings. The molecule has 0 radical (unpaired) electrons. The number of rotatable bonds is 6. The monoisotopic (exact) mass is 367 g/mol. The minimum atomic E-state index is -0.545. The number of carbonyl (C=O) groups excluding carboxylic acids is 1. The van der Waals surface area contributed by atoms with Gasteiger partial charge in [-0.3, -0.25) is 4.79 Å². The molecule has 3 rings (SSSR count). The fourth-order valence-electron chi connectivity index (χ4n) is 3.49. The molecule has 0 saturated carbocycles. The number of anilines is 1. The number of hydrogen-bond acceptors (Lipinski definition) is 3. The van der Waals surface area contributed by atoms with E-state index in [-0.39, 0.29) is 12.0 Å². The SMILES string of the molecule is CCC(C)Oc1ccc(NC(=O)C2(c3cccc(C)c3)CCOCC2)cc1. The molecule has 0 spiro atoms. The highest BCUT2D eigenvalue weighted by atomic mass is 16.5. The van der Waals surface area contributed by atoms with Crippen LogP contribution in [-0.2, 0) is 14.9 Å². The molecule has 1 unspecified atom stereocenters. The molecular formula is C23H29NO3. The lowest BCUT2D eigenvalue weighted by molar-refractivity contribution is -0.125. The maximum Gasteiger partial charge on any atom is 0.235 e. The molecule has 1 fully saturated rings. The molecule has 1 amide bonds. The Labute approximate surface area is 161 Å². The van der Waals surface area contributed by atoms with Crippen LogP contribution in [0.5, 0.6) is 5.75 Å². The molecule has 1 N–H and O–H groups in total. The van der Waals surface area contributed by atoms with Gasteiger partial charge in [0, 0.05) is 18.9 Å². The molecule has 1 saturated heterocycles. The highest BCUT2D eigenvalue weighted by Gasteiger charge is 2.41. The first kappa shape index (κ1) is 19.4. The molecule has 0 aliphatic carbocycles. The standard InChI is InChI=1S/C23H29NO3/c1-4-18(3)27-21-10-8-20(9-11-21)24-22(25)23(12-14-26-15-13-23)19-7-5-6-17(2)16-19/h5-11,16,18H,4,12-15H2,1-3H3,(H,24,25). The van der Waals surface area contributed by atoms with Gasteiger partial charge < -0.3 is 14.8 Å². The Hall–Kier alpha value is -2.33. The summed E-state index contributed by atoms with van der Waals surface area (Å²) in [6.07, 6.45) is 2.52. The van der Waals surface area contributed by atoms with Crippen LogP contribution in [0.3, 0.4) is 0 Å². The summed E-state index contributed by atoms with van der Waals surface area (Å²) in [6.45, 7) is 7.40. The van der Waals surface area contributed by atoms with Gasteiger partial charge in [-0.1, -0.05) is 36.8 Å². The summed E-state index contributed by atoms with van der Waals surface area (Å²) >= 11 is 0. The van der Waals surface area contributed by atoms with Crippen LogP contribution >= 0.6 is 0 Å². The minimum Gasteiger partial charge on any atom is -0.491 e. The number of benzene rings is 2. The molecule has 0 bridgehead atoms. The third-order valence-electron chi connectivity index (χ3n) is 5.38. The van der Waals surface area contributed by atoms with E-state index < -0.39 is 5.41 Å². The van der Waals surface area contributed by atoms with E-state index in [4.69, 9.17) is 9.47 Å². The van der Waals surface area contributed by atoms with Crippen molar-refractivity contribution in [1.82, 2.24) is 0 Å². The average molecular weight is 367 g/mol. The summed E-state index contributed by atoms with van der Waals surface area (Å²) < 4.78 is 11.4. The topological polar surface area (TPSA) is 47.6 Å².